The minimum Gasteiger partial charge on any atom is -0.296 e. The molecule has 2 heteroatoms. The normalized spacial score (nSPS) is 15.4. The van der Waals surface area contributed by atoms with E-state index < -0.39 is 19.3 Å². The molecule has 0 spiro atoms. The van der Waals surface area contributed by atoms with Crippen molar-refractivity contribution >= 4 is 32.6 Å². The Balaban J connectivity index is 1.39. The molecule has 43 heavy (non-hydrogen) atoms. The Hall–Kier alpha value is -5.47. The fourth-order valence-corrected chi connectivity index (χ4v) is 6.16. The molecule has 0 N–H and O–H groups in total. The molecule has 8 rings (SSSR count). The lowest BCUT2D eigenvalue weighted by molar-refractivity contribution is 0.909. The van der Waals surface area contributed by atoms with Crippen molar-refractivity contribution in [3.05, 3.63) is 157 Å². The number of imidazole rings is 1. The lowest BCUT2D eigenvalue weighted by Gasteiger charge is -2.20. The van der Waals surface area contributed by atoms with Gasteiger partial charge in [0.15, 0.2) is 0 Å². The Kier molecular flexibility index (Phi) is 4.08. The van der Waals surface area contributed by atoms with Crippen LogP contribution in [0.5, 0.6) is 0 Å². The summed E-state index contributed by atoms with van der Waals surface area (Å²) in [5.74, 6) is -0.212. The number of hydrogen-bond acceptors (Lipinski definition) is 1. The van der Waals surface area contributed by atoms with E-state index in [2.05, 4.69) is 4.98 Å². The molecule has 2 nitrogen and oxygen atoms in total. The first-order valence-electron chi connectivity index (χ1n) is 19.0. The average Bonchev–Trinajstić information content (AvgIpc) is 3.56. The molecule has 0 amide bonds. The summed E-state index contributed by atoms with van der Waals surface area (Å²) >= 11 is 0. The highest BCUT2D eigenvalue weighted by molar-refractivity contribution is 6.22. The molecule has 0 fully saturated rings. The van der Waals surface area contributed by atoms with Gasteiger partial charge in [-0.2, -0.15) is 0 Å². The zero-order valence-electron chi connectivity index (χ0n) is 32.9. The van der Waals surface area contributed by atoms with Gasteiger partial charge in [-0.3, -0.25) is 4.57 Å². The van der Waals surface area contributed by atoms with Crippen molar-refractivity contribution < 1.29 is 13.7 Å². The minimum absolute atomic E-state index is 0.137. The third-order valence-corrected chi connectivity index (χ3v) is 7.98. The lowest BCUT2D eigenvalue weighted by Crippen LogP contribution is -2.03. The first-order valence-corrected chi connectivity index (χ1v) is 14.0. The SMILES string of the molecule is [2H]c1c([2H])c([2H])c(-c2ccc(-c3c4ccccc4c(-c4ccccc4-n4c(C([2H])([2H])C([2H])([2H])[2H])nc5ccccc54)c4ccccc34)cc2)c([2H])c1[2H]. The highest BCUT2D eigenvalue weighted by Gasteiger charge is 2.20. The maximum atomic E-state index is 8.80. The van der Waals surface area contributed by atoms with Crippen LogP contribution in [-0.2, 0) is 6.37 Å². The Labute approximate surface area is 265 Å². The molecule has 0 saturated heterocycles. The molecule has 0 aliphatic carbocycles. The van der Waals surface area contributed by atoms with E-state index in [0.717, 1.165) is 43.8 Å². The topological polar surface area (TPSA) is 17.8 Å². The summed E-state index contributed by atoms with van der Waals surface area (Å²) < 4.78 is 84.8. The van der Waals surface area contributed by atoms with Gasteiger partial charge in [-0.15, -0.1) is 0 Å². The number of hydrogen-bond donors (Lipinski definition) is 0. The second kappa shape index (κ2) is 10.4. The van der Waals surface area contributed by atoms with E-state index in [1.54, 1.807) is 28.8 Å². The first-order chi connectivity index (χ1) is 25.3. The molecule has 0 aliphatic rings. The summed E-state index contributed by atoms with van der Waals surface area (Å²) in [6.45, 7) is -2.99. The van der Waals surface area contributed by atoms with Gasteiger partial charge < -0.3 is 0 Å². The zero-order chi connectivity index (χ0) is 37.4. The van der Waals surface area contributed by atoms with Gasteiger partial charge in [0.25, 0.3) is 0 Å². The summed E-state index contributed by atoms with van der Waals surface area (Å²) in [5, 5.41) is 3.68. The molecule has 0 bridgehead atoms. The molecule has 7 aromatic carbocycles. The van der Waals surface area contributed by atoms with Gasteiger partial charge in [-0.25, -0.2) is 4.98 Å². The van der Waals surface area contributed by atoms with Crippen molar-refractivity contribution in [3.8, 4) is 39.1 Å². The Bertz CT molecular complexity index is 2660. The molecule has 1 aromatic heterocycles. The van der Waals surface area contributed by atoms with Crippen LogP contribution in [0.15, 0.2) is 152 Å². The van der Waals surface area contributed by atoms with Crippen molar-refractivity contribution in [1.82, 2.24) is 9.55 Å². The van der Waals surface area contributed by atoms with Crippen molar-refractivity contribution in [3.63, 3.8) is 0 Å². The van der Waals surface area contributed by atoms with Crippen LogP contribution in [0, 0.1) is 0 Å². The van der Waals surface area contributed by atoms with E-state index in [4.69, 9.17) is 13.7 Å². The first kappa shape index (κ1) is 16.8. The van der Waals surface area contributed by atoms with Crippen LogP contribution < -0.4 is 0 Å². The lowest BCUT2D eigenvalue weighted by atomic mass is 9.85. The maximum Gasteiger partial charge on any atom is 0.114 e. The molecular formula is C41H30N2. The van der Waals surface area contributed by atoms with Crippen LogP contribution in [-0.4, -0.2) is 9.55 Å². The molecule has 204 valence electrons. The predicted octanol–water partition coefficient (Wildman–Crippen LogP) is 10.9. The van der Waals surface area contributed by atoms with Gasteiger partial charge >= 0.3 is 0 Å². The Morgan fingerprint density at radius 3 is 1.88 bits per heavy atom. The number of nitrogens with zero attached hydrogens (tertiary/aromatic N) is 2. The van der Waals surface area contributed by atoms with Crippen LogP contribution in [0.2, 0.25) is 0 Å². The van der Waals surface area contributed by atoms with Crippen molar-refractivity contribution in [1.29, 1.82) is 0 Å². The highest BCUT2D eigenvalue weighted by Crippen LogP contribution is 2.45. The van der Waals surface area contributed by atoms with E-state index in [1.807, 2.05) is 97.1 Å². The Morgan fingerprint density at radius 1 is 0.605 bits per heavy atom. The van der Waals surface area contributed by atoms with Gasteiger partial charge in [0.2, 0.25) is 0 Å². The number of rotatable bonds is 5. The van der Waals surface area contributed by atoms with Crippen LogP contribution in [0.4, 0.5) is 0 Å². The molecule has 0 saturated carbocycles. The number of para-hydroxylation sites is 3. The van der Waals surface area contributed by atoms with Gasteiger partial charge in [0.05, 0.1) is 23.6 Å². The van der Waals surface area contributed by atoms with E-state index >= 15 is 0 Å². The highest BCUT2D eigenvalue weighted by atomic mass is 15.1. The largest absolute Gasteiger partial charge is 0.296 e. The van der Waals surface area contributed by atoms with Gasteiger partial charge in [-0.05, 0) is 67.6 Å². The summed E-state index contributed by atoms with van der Waals surface area (Å²) in [6.07, 6.45) is -2.77. The van der Waals surface area contributed by atoms with Crippen LogP contribution >= 0.6 is 0 Å². The molecule has 8 aromatic rings. The van der Waals surface area contributed by atoms with Gasteiger partial charge in [0, 0.05) is 18.8 Å². The number of benzene rings is 7. The predicted molar refractivity (Wildman–Crippen MR) is 182 cm³/mol. The van der Waals surface area contributed by atoms with Gasteiger partial charge in [-0.1, -0.05) is 140 Å². The molecule has 0 atom stereocenters. The maximum absolute atomic E-state index is 8.80. The molecular weight excluding hydrogens is 520 g/mol. The third kappa shape index (κ3) is 4.14. The van der Waals surface area contributed by atoms with Crippen LogP contribution in [0.1, 0.15) is 26.4 Å². The van der Waals surface area contributed by atoms with Crippen LogP contribution in [0.25, 0.3) is 71.6 Å². The summed E-state index contributed by atoms with van der Waals surface area (Å²) in [5.41, 5.74) is 5.71. The smallest absolute Gasteiger partial charge is 0.114 e. The second-order valence-corrected chi connectivity index (χ2v) is 10.3. The fourth-order valence-electron chi connectivity index (χ4n) is 6.16. The zero-order valence-corrected chi connectivity index (χ0v) is 22.9. The number of fused-ring (bicyclic) bond motifs is 3. The second-order valence-electron chi connectivity index (χ2n) is 10.3. The quantitative estimate of drug-likeness (QED) is 0.191. The summed E-state index contributed by atoms with van der Waals surface area (Å²) in [4.78, 5) is 4.57. The van der Waals surface area contributed by atoms with E-state index in [1.165, 1.54) is 0 Å². The monoisotopic (exact) mass is 560 g/mol. The Morgan fingerprint density at radius 2 is 1.19 bits per heavy atom. The molecule has 0 unspecified atom stereocenters. The summed E-state index contributed by atoms with van der Waals surface area (Å²) in [7, 11) is 0. The van der Waals surface area contributed by atoms with E-state index in [9.17, 15) is 0 Å². The molecule has 0 aliphatic heterocycles. The third-order valence-electron chi connectivity index (χ3n) is 7.98. The van der Waals surface area contributed by atoms with E-state index in [-0.39, 0.29) is 35.6 Å². The summed E-state index contributed by atoms with van der Waals surface area (Å²) in [6, 6.07) is 36.4. The molecule has 0 radical (unpaired) electrons. The standard InChI is InChI=1S/C41H30N2/c1-2-39-42-36-21-11-13-23-38(36)43(39)37-22-12-10-20-35(37)41-33-18-8-6-16-31(33)40(32-17-7-9-19-34(32)41)30-26-24-29(25-27-30)28-14-4-3-5-15-28/h3-27H,2H2,1H3/i1D3,2D2,3D,4D,5D,14D,15D. The van der Waals surface area contributed by atoms with Crippen molar-refractivity contribution in [2.24, 2.45) is 0 Å². The molecule has 1 heterocycles. The number of aryl methyl sites for hydroxylation is 1. The van der Waals surface area contributed by atoms with Crippen molar-refractivity contribution in [2.75, 3.05) is 0 Å². The average molecular weight is 561 g/mol. The van der Waals surface area contributed by atoms with Crippen molar-refractivity contribution in [2.45, 2.75) is 13.2 Å². The number of aromatic nitrogens is 2. The van der Waals surface area contributed by atoms with Crippen LogP contribution in [0.3, 0.4) is 0 Å². The minimum atomic E-state index is -2.99. The fraction of sp³-hybridized carbons (Fsp3) is 0.0488. The van der Waals surface area contributed by atoms with E-state index in [0.29, 0.717) is 22.3 Å². The van der Waals surface area contributed by atoms with Gasteiger partial charge in [0.1, 0.15) is 5.82 Å².